The molecule has 13 heavy (non-hydrogen) atoms. The third kappa shape index (κ3) is 2.11. The molecule has 0 aliphatic carbocycles. The Kier molecular flexibility index (Phi) is 2.75. The lowest BCUT2D eigenvalue weighted by molar-refractivity contribution is -0.145. The summed E-state index contributed by atoms with van der Waals surface area (Å²) in [4.78, 5) is 22.4. The van der Waals surface area contributed by atoms with Crippen molar-refractivity contribution >= 4 is 12.1 Å². The molecule has 5 nitrogen and oxygen atoms in total. The van der Waals surface area contributed by atoms with E-state index in [9.17, 15) is 9.59 Å². The van der Waals surface area contributed by atoms with Gasteiger partial charge in [0.1, 0.15) is 0 Å². The molecule has 1 rings (SSSR count). The lowest BCUT2D eigenvalue weighted by atomic mass is 9.87. The van der Waals surface area contributed by atoms with Gasteiger partial charge in [0.05, 0.1) is 5.92 Å². The maximum atomic E-state index is 10.7. The lowest BCUT2D eigenvalue weighted by Gasteiger charge is -2.32. The summed E-state index contributed by atoms with van der Waals surface area (Å²) < 4.78 is 0. The monoisotopic (exact) mass is 187 g/mol. The van der Waals surface area contributed by atoms with Crippen LogP contribution in [-0.2, 0) is 4.79 Å². The minimum absolute atomic E-state index is 0.0631. The summed E-state index contributed by atoms with van der Waals surface area (Å²) in [5.41, 5.74) is 0. The zero-order valence-electron chi connectivity index (χ0n) is 7.43. The smallest absolute Gasteiger partial charge is 0.407 e. The fourth-order valence-electron chi connectivity index (χ4n) is 1.56. The van der Waals surface area contributed by atoms with Crippen LogP contribution in [-0.4, -0.2) is 40.3 Å². The minimum Gasteiger partial charge on any atom is -0.481 e. The summed E-state index contributed by atoms with van der Waals surface area (Å²) in [6.07, 6.45) is -0.401. The first-order valence-corrected chi connectivity index (χ1v) is 4.23. The molecule has 1 aliphatic heterocycles. The number of aliphatic carboxylic acids is 1. The Morgan fingerprint density at radius 2 is 2.00 bits per heavy atom. The van der Waals surface area contributed by atoms with E-state index < -0.39 is 18.0 Å². The van der Waals surface area contributed by atoms with Gasteiger partial charge in [-0.3, -0.25) is 4.79 Å². The molecular formula is C8H13NO4. The van der Waals surface area contributed by atoms with Crippen molar-refractivity contribution in [3.63, 3.8) is 0 Å². The Bertz CT molecular complexity index is 228. The molecule has 0 saturated carbocycles. The van der Waals surface area contributed by atoms with Gasteiger partial charge in [0.15, 0.2) is 0 Å². The topological polar surface area (TPSA) is 77.8 Å². The van der Waals surface area contributed by atoms with Crippen molar-refractivity contribution in [2.75, 3.05) is 13.1 Å². The van der Waals surface area contributed by atoms with Crippen LogP contribution in [0, 0.1) is 11.8 Å². The molecule has 5 heteroatoms. The van der Waals surface area contributed by atoms with Gasteiger partial charge in [0, 0.05) is 13.1 Å². The number of hydrogen-bond acceptors (Lipinski definition) is 2. The van der Waals surface area contributed by atoms with E-state index in [0.29, 0.717) is 13.0 Å². The Morgan fingerprint density at radius 3 is 2.46 bits per heavy atom. The first kappa shape index (κ1) is 9.83. The van der Waals surface area contributed by atoms with E-state index >= 15 is 0 Å². The molecule has 0 aromatic rings. The van der Waals surface area contributed by atoms with Crippen LogP contribution in [0.5, 0.6) is 0 Å². The highest BCUT2D eigenvalue weighted by atomic mass is 16.4. The summed E-state index contributed by atoms with van der Waals surface area (Å²) in [5, 5.41) is 17.4. The van der Waals surface area contributed by atoms with Crippen LogP contribution < -0.4 is 0 Å². The summed E-state index contributed by atoms with van der Waals surface area (Å²) >= 11 is 0. The molecule has 0 bridgehead atoms. The highest BCUT2D eigenvalue weighted by Gasteiger charge is 2.33. The normalized spacial score (nSPS) is 28.5. The SMILES string of the molecule is C[C@H]1CCN(C(=O)O)C[C@@H]1C(=O)O. The number of carbonyl (C=O) groups is 2. The second-order valence-corrected chi connectivity index (χ2v) is 3.44. The van der Waals surface area contributed by atoms with Crippen molar-refractivity contribution in [2.45, 2.75) is 13.3 Å². The number of likely N-dealkylation sites (tertiary alicyclic amines) is 1. The maximum Gasteiger partial charge on any atom is 0.407 e. The second-order valence-electron chi connectivity index (χ2n) is 3.44. The van der Waals surface area contributed by atoms with E-state index in [1.165, 1.54) is 4.90 Å². The zero-order chi connectivity index (χ0) is 10.0. The summed E-state index contributed by atoms with van der Waals surface area (Å²) in [6, 6.07) is 0. The van der Waals surface area contributed by atoms with Crippen molar-refractivity contribution in [3.05, 3.63) is 0 Å². The van der Waals surface area contributed by atoms with E-state index in [0.717, 1.165) is 0 Å². The molecule has 0 aromatic carbocycles. The molecule has 0 radical (unpaired) electrons. The lowest BCUT2D eigenvalue weighted by Crippen LogP contribution is -2.45. The van der Waals surface area contributed by atoms with Gasteiger partial charge < -0.3 is 15.1 Å². The van der Waals surface area contributed by atoms with Crippen LogP contribution in [0.15, 0.2) is 0 Å². The number of nitrogens with zero attached hydrogens (tertiary/aromatic N) is 1. The predicted octanol–water partition coefficient (Wildman–Crippen LogP) is 0.707. The predicted molar refractivity (Wildman–Crippen MR) is 44.5 cm³/mol. The fraction of sp³-hybridized carbons (Fsp3) is 0.750. The van der Waals surface area contributed by atoms with E-state index in [2.05, 4.69) is 0 Å². The fourth-order valence-corrected chi connectivity index (χ4v) is 1.56. The molecule has 1 fully saturated rings. The average Bonchev–Trinajstić information content (AvgIpc) is 2.04. The molecule has 0 spiro atoms. The second kappa shape index (κ2) is 3.64. The van der Waals surface area contributed by atoms with Gasteiger partial charge in [-0.1, -0.05) is 6.92 Å². The number of piperidine rings is 1. The molecule has 2 N–H and O–H groups in total. The van der Waals surface area contributed by atoms with Crippen LogP contribution >= 0.6 is 0 Å². The van der Waals surface area contributed by atoms with Gasteiger partial charge in [0.25, 0.3) is 0 Å². The number of amides is 1. The highest BCUT2D eigenvalue weighted by Crippen LogP contribution is 2.23. The van der Waals surface area contributed by atoms with Crippen LogP contribution in [0.2, 0.25) is 0 Å². The molecule has 0 aromatic heterocycles. The van der Waals surface area contributed by atoms with Crippen molar-refractivity contribution in [3.8, 4) is 0 Å². The number of rotatable bonds is 1. The van der Waals surface area contributed by atoms with Gasteiger partial charge in [-0.25, -0.2) is 4.79 Å². The van der Waals surface area contributed by atoms with Crippen molar-refractivity contribution < 1.29 is 19.8 Å². The van der Waals surface area contributed by atoms with E-state index in [1.807, 2.05) is 6.92 Å². The van der Waals surface area contributed by atoms with E-state index in [4.69, 9.17) is 10.2 Å². The number of carboxylic acid groups (broad SMARTS) is 2. The van der Waals surface area contributed by atoms with Crippen molar-refractivity contribution in [1.29, 1.82) is 0 Å². The van der Waals surface area contributed by atoms with Crippen LogP contribution in [0.3, 0.4) is 0 Å². The summed E-state index contributed by atoms with van der Waals surface area (Å²) in [6.45, 7) is 2.41. The first-order chi connectivity index (χ1) is 6.02. The molecule has 1 saturated heterocycles. The maximum absolute atomic E-state index is 10.7. The Morgan fingerprint density at radius 1 is 1.38 bits per heavy atom. The summed E-state index contributed by atoms with van der Waals surface area (Å²) in [5.74, 6) is -1.39. The molecule has 1 aliphatic rings. The highest BCUT2D eigenvalue weighted by molar-refractivity contribution is 5.72. The third-order valence-electron chi connectivity index (χ3n) is 2.55. The zero-order valence-corrected chi connectivity index (χ0v) is 7.43. The Balaban J connectivity index is 2.63. The van der Waals surface area contributed by atoms with Gasteiger partial charge in [-0.15, -0.1) is 0 Å². The van der Waals surface area contributed by atoms with Gasteiger partial charge >= 0.3 is 12.1 Å². The average molecular weight is 187 g/mol. The van der Waals surface area contributed by atoms with Gasteiger partial charge in [-0.2, -0.15) is 0 Å². The molecule has 2 atom stereocenters. The van der Waals surface area contributed by atoms with Gasteiger partial charge in [0.2, 0.25) is 0 Å². The Labute approximate surface area is 76.0 Å². The standard InChI is InChI=1S/C8H13NO4/c1-5-2-3-9(8(12)13)4-6(5)7(10)11/h5-6H,2-4H2,1H3,(H,10,11)(H,12,13)/t5-,6-/m0/s1. The van der Waals surface area contributed by atoms with Crippen LogP contribution in [0.4, 0.5) is 4.79 Å². The van der Waals surface area contributed by atoms with E-state index in [-0.39, 0.29) is 12.5 Å². The first-order valence-electron chi connectivity index (χ1n) is 4.23. The van der Waals surface area contributed by atoms with Crippen molar-refractivity contribution in [2.24, 2.45) is 11.8 Å². The molecule has 74 valence electrons. The minimum atomic E-state index is -1.03. The quantitative estimate of drug-likeness (QED) is 0.633. The Hall–Kier alpha value is -1.26. The van der Waals surface area contributed by atoms with E-state index in [1.54, 1.807) is 0 Å². The number of hydrogen-bond donors (Lipinski definition) is 2. The molecule has 1 heterocycles. The summed E-state index contributed by atoms with van der Waals surface area (Å²) in [7, 11) is 0. The van der Waals surface area contributed by atoms with Crippen LogP contribution in [0.1, 0.15) is 13.3 Å². The largest absolute Gasteiger partial charge is 0.481 e. The van der Waals surface area contributed by atoms with Crippen LogP contribution in [0.25, 0.3) is 0 Å². The molecule has 0 unspecified atom stereocenters. The molecular weight excluding hydrogens is 174 g/mol. The number of carboxylic acids is 1. The van der Waals surface area contributed by atoms with Gasteiger partial charge in [-0.05, 0) is 12.3 Å². The third-order valence-corrected chi connectivity index (χ3v) is 2.55. The van der Waals surface area contributed by atoms with Crippen molar-refractivity contribution in [1.82, 2.24) is 4.90 Å². The molecule has 1 amide bonds.